The van der Waals surface area contributed by atoms with Crippen molar-refractivity contribution in [2.45, 2.75) is 77.1 Å². The summed E-state index contributed by atoms with van der Waals surface area (Å²) in [5.74, 6) is 0.0612. The van der Waals surface area contributed by atoms with Crippen molar-refractivity contribution in [1.82, 2.24) is 14.9 Å². The zero-order valence-electron chi connectivity index (χ0n) is 20.8. The zero-order valence-corrected chi connectivity index (χ0v) is 20.8. The predicted octanol–water partition coefficient (Wildman–Crippen LogP) is 5.10. The molecule has 2 aromatic rings. The van der Waals surface area contributed by atoms with E-state index in [0.717, 1.165) is 0 Å². The molecule has 13 heteroatoms. The molecular formula is C24H27BF6N4O2. The Labute approximate surface area is 212 Å². The lowest BCUT2D eigenvalue weighted by atomic mass is 10.0. The average Bonchev–Trinajstić information content (AvgIpc) is 3.20. The first kappa shape index (κ1) is 28.6. The van der Waals surface area contributed by atoms with Gasteiger partial charge in [0.2, 0.25) is 5.95 Å². The second-order valence-corrected chi connectivity index (χ2v) is 9.94. The van der Waals surface area contributed by atoms with Gasteiger partial charge in [0.25, 0.3) is 0 Å². The Morgan fingerprint density at radius 2 is 1.59 bits per heavy atom. The monoisotopic (exact) mass is 528 g/mol. The normalized spacial score (nSPS) is 18.7. The van der Waals surface area contributed by atoms with Crippen molar-refractivity contribution in [2.75, 3.05) is 11.4 Å². The van der Waals surface area contributed by atoms with Crippen LogP contribution in [0.1, 0.15) is 57.2 Å². The Bertz CT molecular complexity index is 1070. The third kappa shape index (κ3) is 7.29. The van der Waals surface area contributed by atoms with Crippen LogP contribution < -0.4 is 10.4 Å². The van der Waals surface area contributed by atoms with E-state index in [1.807, 2.05) is 6.92 Å². The van der Waals surface area contributed by atoms with Crippen LogP contribution in [0.4, 0.5) is 37.1 Å². The van der Waals surface area contributed by atoms with E-state index in [0.29, 0.717) is 25.0 Å². The molecule has 2 radical (unpaired) electrons. The molecule has 2 atom stereocenters. The maximum atomic E-state index is 13.4. The largest absolute Gasteiger partial charge is 0.444 e. The maximum Gasteiger partial charge on any atom is 0.416 e. The second kappa shape index (κ2) is 10.4. The average molecular weight is 528 g/mol. The number of hydrogen-bond donors (Lipinski definition) is 0. The maximum absolute atomic E-state index is 13.4. The molecule has 0 bridgehead atoms. The molecule has 200 valence electrons. The number of hydrogen-bond acceptors (Lipinski definition) is 5. The van der Waals surface area contributed by atoms with Gasteiger partial charge in [-0.2, -0.15) is 26.3 Å². The fraction of sp³-hybridized carbons (Fsp3) is 0.542. The summed E-state index contributed by atoms with van der Waals surface area (Å²) in [6.45, 7) is 6.79. The predicted molar refractivity (Wildman–Crippen MR) is 125 cm³/mol. The molecule has 0 unspecified atom stereocenters. The molecule has 2 heterocycles. The second-order valence-electron chi connectivity index (χ2n) is 9.94. The molecule has 0 N–H and O–H groups in total. The van der Waals surface area contributed by atoms with Crippen molar-refractivity contribution in [3.8, 4) is 0 Å². The molecule has 1 aliphatic heterocycles. The van der Waals surface area contributed by atoms with Crippen LogP contribution in [0.5, 0.6) is 0 Å². The Morgan fingerprint density at radius 3 is 2.05 bits per heavy atom. The Kier molecular flexibility index (Phi) is 8.04. The molecular weight excluding hydrogens is 501 g/mol. The topological polar surface area (TPSA) is 58.6 Å². The van der Waals surface area contributed by atoms with E-state index < -0.39 is 41.2 Å². The van der Waals surface area contributed by atoms with Gasteiger partial charge in [0.1, 0.15) is 13.4 Å². The van der Waals surface area contributed by atoms with Crippen molar-refractivity contribution in [2.24, 2.45) is 0 Å². The van der Waals surface area contributed by atoms with Gasteiger partial charge in [-0.25, -0.2) is 14.8 Å². The lowest BCUT2D eigenvalue weighted by molar-refractivity contribution is -0.143. The van der Waals surface area contributed by atoms with Gasteiger partial charge in [-0.15, -0.1) is 0 Å². The third-order valence-electron chi connectivity index (χ3n) is 5.85. The number of halogens is 6. The number of anilines is 1. The van der Waals surface area contributed by atoms with E-state index in [1.165, 1.54) is 22.2 Å². The standard InChI is InChI=1S/C24H27BF6N4O2/c1-5-18-9-19(13-35(18)21(36)37-22(2,3)4)34(20-32-10-17(25)11-33-20)12-14-6-15(23(26,27)28)8-16(7-14)24(29,30)31/h6-8,10-11,18-19H,5,9,12-13H2,1-4H3/t18-,19+/m1/s1. The highest BCUT2D eigenvalue weighted by molar-refractivity contribution is 6.31. The quantitative estimate of drug-likeness (QED) is 0.399. The van der Waals surface area contributed by atoms with Gasteiger partial charge in [0, 0.05) is 31.5 Å². The molecule has 1 aromatic carbocycles. The number of amides is 1. The smallest absolute Gasteiger partial charge is 0.416 e. The van der Waals surface area contributed by atoms with Crippen molar-refractivity contribution >= 4 is 25.4 Å². The highest BCUT2D eigenvalue weighted by Crippen LogP contribution is 2.37. The van der Waals surface area contributed by atoms with Gasteiger partial charge in [-0.3, -0.25) is 0 Å². The summed E-state index contributed by atoms with van der Waals surface area (Å²) in [6, 6.07) is 0.670. The fourth-order valence-corrected chi connectivity index (χ4v) is 4.20. The summed E-state index contributed by atoms with van der Waals surface area (Å²) < 4.78 is 86.1. The van der Waals surface area contributed by atoms with Crippen molar-refractivity contribution in [1.29, 1.82) is 0 Å². The van der Waals surface area contributed by atoms with E-state index in [4.69, 9.17) is 12.6 Å². The number of likely N-dealkylation sites (tertiary alicyclic amines) is 1. The van der Waals surface area contributed by atoms with Crippen LogP contribution in [0.25, 0.3) is 0 Å². The molecule has 0 saturated carbocycles. The third-order valence-corrected chi connectivity index (χ3v) is 5.85. The van der Waals surface area contributed by atoms with Gasteiger partial charge < -0.3 is 14.5 Å². The molecule has 1 aromatic heterocycles. The summed E-state index contributed by atoms with van der Waals surface area (Å²) in [7, 11) is 5.67. The Morgan fingerprint density at radius 1 is 1.05 bits per heavy atom. The van der Waals surface area contributed by atoms with Crippen LogP contribution in [-0.2, 0) is 23.6 Å². The number of alkyl halides is 6. The molecule has 37 heavy (non-hydrogen) atoms. The lowest BCUT2D eigenvalue weighted by Gasteiger charge is -2.30. The van der Waals surface area contributed by atoms with Crippen LogP contribution in [0.15, 0.2) is 30.6 Å². The first-order chi connectivity index (χ1) is 17.0. The Balaban J connectivity index is 2.01. The van der Waals surface area contributed by atoms with E-state index in [9.17, 15) is 31.1 Å². The number of carbonyl (C=O) groups is 1. The number of nitrogens with zero attached hydrogens (tertiary/aromatic N) is 4. The van der Waals surface area contributed by atoms with Gasteiger partial charge in [0.15, 0.2) is 0 Å². The number of aromatic nitrogens is 2. The van der Waals surface area contributed by atoms with Crippen LogP contribution in [0.3, 0.4) is 0 Å². The zero-order chi connectivity index (χ0) is 27.8. The van der Waals surface area contributed by atoms with Gasteiger partial charge in [-0.1, -0.05) is 12.4 Å². The van der Waals surface area contributed by atoms with Crippen LogP contribution in [-0.4, -0.2) is 53.0 Å². The van der Waals surface area contributed by atoms with E-state index >= 15 is 0 Å². The fourth-order valence-electron chi connectivity index (χ4n) is 4.20. The van der Waals surface area contributed by atoms with Gasteiger partial charge in [-0.05, 0) is 57.4 Å². The summed E-state index contributed by atoms with van der Waals surface area (Å²) in [4.78, 5) is 24.2. The van der Waals surface area contributed by atoms with Gasteiger partial charge >= 0.3 is 18.4 Å². The summed E-state index contributed by atoms with van der Waals surface area (Å²) in [5, 5.41) is 0. The summed E-state index contributed by atoms with van der Waals surface area (Å²) in [5.41, 5.74) is -3.58. The highest BCUT2D eigenvalue weighted by Gasteiger charge is 2.41. The number of carbonyl (C=O) groups excluding carboxylic acids is 1. The SMILES string of the molecule is [B]c1cnc(N(Cc2cc(C(F)(F)F)cc(C(F)(F)F)c2)[C@H]2C[C@@H](CC)N(C(=O)OC(C)(C)C)C2)nc1. The van der Waals surface area contributed by atoms with Crippen LogP contribution in [0.2, 0.25) is 0 Å². The Hall–Kier alpha value is -2.99. The molecule has 1 aliphatic rings. The molecule has 0 spiro atoms. The summed E-state index contributed by atoms with van der Waals surface area (Å²) in [6.07, 6.45) is -6.98. The first-order valence-electron chi connectivity index (χ1n) is 11.6. The van der Waals surface area contributed by atoms with E-state index in [-0.39, 0.29) is 42.2 Å². The minimum absolute atomic E-state index is 0.0612. The van der Waals surface area contributed by atoms with Crippen molar-refractivity contribution in [3.63, 3.8) is 0 Å². The lowest BCUT2D eigenvalue weighted by Crippen LogP contribution is -2.42. The molecule has 1 fully saturated rings. The number of ether oxygens (including phenoxy) is 1. The van der Waals surface area contributed by atoms with E-state index in [1.54, 1.807) is 20.8 Å². The van der Waals surface area contributed by atoms with Gasteiger partial charge in [0.05, 0.1) is 17.2 Å². The van der Waals surface area contributed by atoms with Crippen LogP contribution in [0, 0.1) is 0 Å². The van der Waals surface area contributed by atoms with Crippen molar-refractivity contribution in [3.05, 3.63) is 47.3 Å². The minimum atomic E-state index is -4.98. The van der Waals surface area contributed by atoms with Crippen molar-refractivity contribution < 1.29 is 35.9 Å². The summed E-state index contributed by atoms with van der Waals surface area (Å²) >= 11 is 0. The van der Waals surface area contributed by atoms with Crippen LogP contribution >= 0.6 is 0 Å². The first-order valence-corrected chi connectivity index (χ1v) is 11.6. The molecule has 1 amide bonds. The molecule has 3 rings (SSSR count). The number of rotatable bonds is 5. The number of benzene rings is 1. The molecule has 0 aliphatic carbocycles. The highest BCUT2D eigenvalue weighted by atomic mass is 19.4. The van der Waals surface area contributed by atoms with E-state index in [2.05, 4.69) is 9.97 Å². The molecule has 6 nitrogen and oxygen atoms in total. The minimum Gasteiger partial charge on any atom is -0.444 e. The molecule has 1 saturated heterocycles.